The van der Waals surface area contributed by atoms with Gasteiger partial charge in [0.05, 0.1) is 20.3 Å². The van der Waals surface area contributed by atoms with Gasteiger partial charge in [-0.2, -0.15) is 0 Å². The molecule has 0 radical (unpaired) electrons. The van der Waals surface area contributed by atoms with E-state index in [2.05, 4.69) is 25.1 Å². The summed E-state index contributed by atoms with van der Waals surface area (Å²) in [6, 6.07) is 8.09. The minimum atomic E-state index is 0.548. The maximum Gasteiger partial charge on any atom is 0.118 e. The van der Waals surface area contributed by atoms with Crippen molar-refractivity contribution in [2.75, 3.05) is 20.3 Å². The van der Waals surface area contributed by atoms with Gasteiger partial charge in [0, 0.05) is 5.92 Å². The zero-order valence-electron chi connectivity index (χ0n) is 9.19. The Kier molecular flexibility index (Phi) is 3.07. The van der Waals surface area contributed by atoms with Crippen LogP contribution in [0.25, 0.3) is 6.08 Å². The molecule has 80 valence electrons. The lowest BCUT2D eigenvalue weighted by Gasteiger charge is -2.03. The number of ether oxygens (including phenoxy) is 2. The molecule has 1 aromatic carbocycles. The predicted molar refractivity (Wildman–Crippen MR) is 61.0 cm³/mol. The van der Waals surface area contributed by atoms with Gasteiger partial charge >= 0.3 is 0 Å². The van der Waals surface area contributed by atoms with Crippen molar-refractivity contribution in [3.8, 4) is 5.75 Å². The predicted octanol–water partition coefficient (Wildman–Crippen LogP) is 2.74. The highest BCUT2D eigenvalue weighted by atomic mass is 16.5. The van der Waals surface area contributed by atoms with Gasteiger partial charge in [0.25, 0.3) is 0 Å². The SMILES string of the molecule is COc1ccc(/C=C2/COC[C@H]2C)cc1. The maximum absolute atomic E-state index is 5.39. The Morgan fingerprint density at radius 3 is 2.60 bits per heavy atom. The van der Waals surface area contributed by atoms with E-state index in [9.17, 15) is 0 Å². The van der Waals surface area contributed by atoms with Crippen molar-refractivity contribution in [2.24, 2.45) is 5.92 Å². The Labute approximate surface area is 90.5 Å². The van der Waals surface area contributed by atoms with Gasteiger partial charge in [0.2, 0.25) is 0 Å². The van der Waals surface area contributed by atoms with E-state index in [0.29, 0.717) is 5.92 Å². The van der Waals surface area contributed by atoms with Gasteiger partial charge < -0.3 is 9.47 Å². The van der Waals surface area contributed by atoms with Crippen LogP contribution in [0.15, 0.2) is 29.8 Å². The van der Waals surface area contributed by atoms with E-state index in [4.69, 9.17) is 9.47 Å². The molecule has 1 aliphatic rings. The van der Waals surface area contributed by atoms with Gasteiger partial charge in [-0.3, -0.25) is 0 Å². The molecule has 0 spiro atoms. The van der Waals surface area contributed by atoms with Crippen LogP contribution in [-0.2, 0) is 4.74 Å². The first-order valence-electron chi connectivity index (χ1n) is 5.22. The Bertz CT molecular complexity index is 351. The topological polar surface area (TPSA) is 18.5 Å². The molecule has 2 nitrogen and oxygen atoms in total. The molecular weight excluding hydrogens is 188 g/mol. The lowest BCUT2D eigenvalue weighted by Crippen LogP contribution is -1.94. The van der Waals surface area contributed by atoms with Crippen molar-refractivity contribution in [2.45, 2.75) is 6.92 Å². The summed E-state index contributed by atoms with van der Waals surface area (Å²) in [6.07, 6.45) is 2.21. The molecule has 0 amide bonds. The third kappa shape index (κ3) is 2.39. The largest absolute Gasteiger partial charge is 0.497 e. The van der Waals surface area contributed by atoms with Gasteiger partial charge in [-0.25, -0.2) is 0 Å². The first kappa shape index (κ1) is 10.2. The van der Waals surface area contributed by atoms with Gasteiger partial charge in [-0.05, 0) is 23.3 Å². The van der Waals surface area contributed by atoms with Crippen LogP contribution in [0.3, 0.4) is 0 Å². The molecule has 0 bridgehead atoms. The highest BCUT2D eigenvalue weighted by molar-refractivity contribution is 5.55. The number of benzene rings is 1. The van der Waals surface area contributed by atoms with Crippen LogP contribution in [0, 0.1) is 5.92 Å². The first-order valence-corrected chi connectivity index (χ1v) is 5.22. The normalized spacial score (nSPS) is 23.3. The van der Waals surface area contributed by atoms with Crippen molar-refractivity contribution in [1.29, 1.82) is 0 Å². The molecule has 1 atom stereocenters. The second-order valence-corrected chi connectivity index (χ2v) is 3.91. The molecular formula is C13H16O2. The van der Waals surface area contributed by atoms with Crippen LogP contribution in [-0.4, -0.2) is 20.3 Å². The second kappa shape index (κ2) is 4.49. The van der Waals surface area contributed by atoms with E-state index in [1.165, 1.54) is 11.1 Å². The summed E-state index contributed by atoms with van der Waals surface area (Å²) in [5.41, 5.74) is 2.59. The van der Waals surface area contributed by atoms with Crippen LogP contribution in [0.5, 0.6) is 5.75 Å². The van der Waals surface area contributed by atoms with Gasteiger partial charge in [-0.15, -0.1) is 0 Å². The summed E-state index contributed by atoms with van der Waals surface area (Å²) in [7, 11) is 1.68. The first-order chi connectivity index (χ1) is 7.29. The Hall–Kier alpha value is -1.28. The molecule has 15 heavy (non-hydrogen) atoms. The molecule has 0 aliphatic carbocycles. The molecule has 0 saturated carbocycles. The average Bonchev–Trinajstić information content (AvgIpc) is 2.66. The molecule has 2 rings (SSSR count). The quantitative estimate of drug-likeness (QED) is 0.737. The molecule has 0 aromatic heterocycles. The lowest BCUT2D eigenvalue weighted by molar-refractivity contribution is 0.191. The third-order valence-electron chi connectivity index (χ3n) is 2.74. The Balaban J connectivity index is 2.16. The van der Waals surface area contributed by atoms with Crippen molar-refractivity contribution in [1.82, 2.24) is 0 Å². The average molecular weight is 204 g/mol. The van der Waals surface area contributed by atoms with E-state index >= 15 is 0 Å². The zero-order chi connectivity index (χ0) is 10.7. The minimum Gasteiger partial charge on any atom is -0.497 e. The number of hydrogen-bond acceptors (Lipinski definition) is 2. The summed E-state index contributed by atoms with van der Waals surface area (Å²) in [6.45, 7) is 3.82. The molecule has 0 unspecified atom stereocenters. The lowest BCUT2D eigenvalue weighted by atomic mass is 10.0. The standard InChI is InChI=1S/C13H16O2/c1-10-8-15-9-12(10)7-11-3-5-13(14-2)6-4-11/h3-7,10H,8-9H2,1-2H3/b12-7-/t10-/m1/s1. The van der Waals surface area contributed by atoms with Crippen molar-refractivity contribution < 1.29 is 9.47 Å². The van der Waals surface area contributed by atoms with Crippen molar-refractivity contribution in [3.05, 3.63) is 35.4 Å². The highest BCUT2D eigenvalue weighted by Gasteiger charge is 2.16. The summed E-state index contributed by atoms with van der Waals surface area (Å²) in [5.74, 6) is 1.44. The number of methoxy groups -OCH3 is 1. The van der Waals surface area contributed by atoms with Crippen LogP contribution < -0.4 is 4.74 Å². The number of rotatable bonds is 2. The molecule has 1 fully saturated rings. The van der Waals surface area contributed by atoms with Crippen LogP contribution in [0.2, 0.25) is 0 Å². The number of hydrogen-bond donors (Lipinski definition) is 0. The fourth-order valence-corrected chi connectivity index (χ4v) is 1.70. The van der Waals surface area contributed by atoms with Crippen molar-refractivity contribution in [3.63, 3.8) is 0 Å². The molecule has 2 heteroatoms. The fraction of sp³-hybridized carbons (Fsp3) is 0.385. The summed E-state index contributed by atoms with van der Waals surface area (Å²) in [5, 5.41) is 0. The fourth-order valence-electron chi connectivity index (χ4n) is 1.70. The van der Waals surface area contributed by atoms with Crippen LogP contribution >= 0.6 is 0 Å². The second-order valence-electron chi connectivity index (χ2n) is 3.91. The van der Waals surface area contributed by atoms with Crippen molar-refractivity contribution >= 4 is 6.08 Å². The maximum atomic E-state index is 5.39. The van der Waals surface area contributed by atoms with Crippen LogP contribution in [0.4, 0.5) is 0 Å². The molecule has 1 heterocycles. The summed E-state index contributed by atoms with van der Waals surface area (Å²) in [4.78, 5) is 0. The van der Waals surface area contributed by atoms with E-state index in [1.54, 1.807) is 7.11 Å². The van der Waals surface area contributed by atoms with E-state index < -0.39 is 0 Å². The molecule has 1 aliphatic heterocycles. The Morgan fingerprint density at radius 1 is 1.33 bits per heavy atom. The van der Waals surface area contributed by atoms with E-state index in [1.807, 2.05) is 12.1 Å². The third-order valence-corrected chi connectivity index (χ3v) is 2.74. The van der Waals surface area contributed by atoms with Crippen LogP contribution in [0.1, 0.15) is 12.5 Å². The smallest absolute Gasteiger partial charge is 0.118 e. The Morgan fingerprint density at radius 2 is 2.07 bits per heavy atom. The minimum absolute atomic E-state index is 0.548. The summed E-state index contributed by atoms with van der Waals surface area (Å²) < 4.78 is 10.5. The molecule has 1 aromatic rings. The highest BCUT2D eigenvalue weighted by Crippen LogP contribution is 2.22. The van der Waals surface area contributed by atoms with E-state index in [0.717, 1.165) is 19.0 Å². The summed E-state index contributed by atoms with van der Waals surface area (Å²) >= 11 is 0. The van der Waals surface area contributed by atoms with Gasteiger partial charge in [-0.1, -0.05) is 25.1 Å². The monoisotopic (exact) mass is 204 g/mol. The zero-order valence-corrected chi connectivity index (χ0v) is 9.19. The molecule has 1 saturated heterocycles. The van der Waals surface area contributed by atoms with Gasteiger partial charge in [0.15, 0.2) is 0 Å². The molecule has 0 N–H and O–H groups in total. The van der Waals surface area contributed by atoms with E-state index in [-0.39, 0.29) is 0 Å². The van der Waals surface area contributed by atoms with Gasteiger partial charge in [0.1, 0.15) is 5.75 Å².